The fraction of sp³-hybridized carbons (Fsp3) is 0.167. The van der Waals surface area contributed by atoms with Crippen LogP contribution in [0.3, 0.4) is 0 Å². The smallest absolute Gasteiger partial charge is 0.248 e. The minimum atomic E-state index is -0.423. The predicted molar refractivity (Wildman–Crippen MR) is 69.6 cm³/mol. The fourth-order valence-electron chi connectivity index (χ4n) is 1.56. The Kier molecular flexibility index (Phi) is 3.02. The van der Waals surface area contributed by atoms with Crippen LogP contribution in [0.5, 0.6) is 0 Å². The maximum absolute atomic E-state index is 11.0. The van der Waals surface area contributed by atoms with Gasteiger partial charge in [0.15, 0.2) is 0 Å². The number of carbonyl (C=O) groups is 1. The summed E-state index contributed by atoms with van der Waals surface area (Å²) in [7, 11) is 1.94. The van der Waals surface area contributed by atoms with Crippen LogP contribution in [0.2, 0.25) is 0 Å². The van der Waals surface area contributed by atoms with Gasteiger partial charge in [0.1, 0.15) is 16.1 Å². The maximum Gasteiger partial charge on any atom is 0.248 e. The van der Waals surface area contributed by atoms with E-state index < -0.39 is 5.91 Å². The van der Waals surface area contributed by atoms with E-state index in [0.29, 0.717) is 5.56 Å². The first-order chi connectivity index (χ1) is 8.00. The molecule has 2 rings (SSSR count). The quantitative estimate of drug-likeness (QED) is 0.923. The van der Waals surface area contributed by atoms with E-state index in [9.17, 15) is 4.79 Å². The highest BCUT2D eigenvalue weighted by Gasteiger charge is 2.11. The highest BCUT2D eigenvalue weighted by molar-refractivity contribution is 9.10. The van der Waals surface area contributed by atoms with E-state index in [2.05, 4.69) is 20.9 Å². The van der Waals surface area contributed by atoms with Crippen molar-refractivity contribution in [3.8, 4) is 11.3 Å². The minimum Gasteiger partial charge on any atom is -0.366 e. The molecule has 1 aromatic carbocycles. The summed E-state index contributed by atoms with van der Waals surface area (Å²) in [6, 6.07) is 7.08. The Morgan fingerprint density at radius 1 is 1.35 bits per heavy atom. The van der Waals surface area contributed by atoms with Gasteiger partial charge in [-0.05, 0) is 35.0 Å². The summed E-state index contributed by atoms with van der Waals surface area (Å²) in [5.74, 6) is 0.499. The molecule has 0 aliphatic heterocycles. The van der Waals surface area contributed by atoms with Gasteiger partial charge in [-0.2, -0.15) is 0 Å². The Bertz CT molecular complexity index is 572. The van der Waals surface area contributed by atoms with Gasteiger partial charge in [-0.25, -0.2) is 4.98 Å². The Labute approximate surface area is 108 Å². The molecule has 2 N–H and O–H groups in total. The zero-order chi connectivity index (χ0) is 12.6. The third kappa shape index (κ3) is 2.10. The maximum atomic E-state index is 11.0. The van der Waals surface area contributed by atoms with Crippen LogP contribution in [0.15, 0.2) is 28.9 Å². The number of carbonyl (C=O) groups excluding carboxylic acids is 1. The number of benzene rings is 1. The second kappa shape index (κ2) is 4.33. The normalized spacial score (nSPS) is 10.5. The van der Waals surface area contributed by atoms with Crippen molar-refractivity contribution < 1.29 is 4.79 Å². The SMILES string of the molecule is Cc1nc(-c2ccc(C(N)=O)cc2)c(Br)n1C. The lowest BCUT2D eigenvalue weighted by Crippen LogP contribution is -2.10. The second-order valence-corrected chi connectivity index (χ2v) is 4.55. The summed E-state index contributed by atoms with van der Waals surface area (Å²) >= 11 is 3.49. The lowest BCUT2D eigenvalue weighted by atomic mass is 10.1. The number of amides is 1. The Morgan fingerprint density at radius 3 is 2.35 bits per heavy atom. The van der Waals surface area contributed by atoms with Crippen LogP contribution in [0.4, 0.5) is 0 Å². The molecule has 0 unspecified atom stereocenters. The number of imidazole rings is 1. The van der Waals surface area contributed by atoms with Gasteiger partial charge >= 0.3 is 0 Å². The van der Waals surface area contributed by atoms with Crippen molar-refractivity contribution in [2.45, 2.75) is 6.92 Å². The lowest BCUT2D eigenvalue weighted by molar-refractivity contribution is 0.100. The number of aryl methyl sites for hydroxylation is 1. The first-order valence-corrected chi connectivity index (χ1v) is 5.89. The highest BCUT2D eigenvalue weighted by atomic mass is 79.9. The standard InChI is InChI=1S/C12H12BrN3O/c1-7-15-10(11(13)16(7)2)8-3-5-9(6-4-8)12(14)17/h3-6H,1-2H3,(H2,14,17). The van der Waals surface area contributed by atoms with Gasteiger partial charge in [-0.15, -0.1) is 0 Å². The van der Waals surface area contributed by atoms with Crippen molar-refractivity contribution in [1.82, 2.24) is 9.55 Å². The van der Waals surface area contributed by atoms with Crippen LogP contribution in [0.25, 0.3) is 11.3 Å². The van der Waals surface area contributed by atoms with Crippen LogP contribution >= 0.6 is 15.9 Å². The summed E-state index contributed by atoms with van der Waals surface area (Å²) in [6.07, 6.45) is 0. The molecule has 1 aromatic heterocycles. The molecule has 0 radical (unpaired) electrons. The molecule has 0 bridgehead atoms. The first-order valence-electron chi connectivity index (χ1n) is 5.09. The van der Waals surface area contributed by atoms with E-state index in [1.807, 2.05) is 30.7 Å². The summed E-state index contributed by atoms with van der Waals surface area (Å²) in [5.41, 5.74) is 7.50. The minimum absolute atomic E-state index is 0.423. The number of rotatable bonds is 2. The average molecular weight is 294 g/mol. The van der Waals surface area contributed by atoms with Gasteiger partial charge in [-0.3, -0.25) is 4.79 Å². The van der Waals surface area contributed by atoms with Crippen molar-refractivity contribution in [3.63, 3.8) is 0 Å². The van der Waals surface area contributed by atoms with Crippen molar-refractivity contribution in [2.75, 3.05) is 0 Å². The molecule has 0 aliphatic rings. The number of nitrogens with two attached hydrogens (primary N) is 1. The Hall–Kier alpha value is -1.62. The zero-order valence-electron chi connectivity index (χ0n) is 9.57. The lowest BCUT2D eigenvalue weighted by Gasteiger charge is -2.00. The molecule has 0 saturated heterocycles. The van der Waals surface area contributed by atoms with E-state index in [0.717, 1.165) is 21.7 Å². The highest BCUT2D eigenvalue weighted by Crippen LogP contribution is 2.27. The Balaban J connectivity index is 2.47. The van der Waals surface area contributed by atoms with Crippen molar-refractivity contribution in [3.05, 3.63) is 40.3 Å². The molecular formula is C12H12BrN3O. The zero-order valence-corrected chi connectivity index (χ0v) is 11.2. The third-order valence-corrected chi connectivity index (χ3v) is 3.60. The molecule has 0 aliphatic carbocycles. The van der Waals surface area contributed by atoms with Gasteiger partial charge < -0.3 is 10.3 Å². The van der Waals surface area contributed by atoms with Crippen molar-refractivity contribution >= 4 is 21.8 Å². The summed E-state index contributed by atoms with van der Waals surface area (Å²) in [5, 5.41) is 0. The van der Waals surface area contributed by atoms with Gasteiger partial charge in [0.2, 0.25) is 5.91 Å². The van der Waals surface area contributed by atoms with Crippen LogP contribution in [0.1, 0.15) is 16.2 Å². The monoisotopic (exact) mass is 293 g/mol. The van der Waals surface area contributed by atoms with E-state index in [1.54, 1.807) is 12.1 Å². The van der Waals surface area contributed by atoms with Crippen molar-refractivity contribution in [2.24, 2.45) is 12.8 Å². The number of nitrogens with zero attached hydrogens (tertiary/aromatic N) is 2. The fourth-order valence-corrected chi connectivity index (χ4v) is 2.13. The van der Waals surface area contributed by atoms with Crippen LogP contribution in [-0.4, -0.2) is 15.5 Å². The molecule has 88 valence electrons. The summed E-state index contributed by atoms with van der Waals surface area (Å²) < 4.78 is 2.87. The van der Waals surface area contributed by atoms with E-state index in [-0.39, 0.29) is 0 Å². The molecule has 17 heavy (non-hydrogen) atoms. The number of hydrogen-bond acceptors (Lipinski definition) is 2. The van der Waals surface area contributed by atoms with Gasteiger partial charge in [0.25, 0.3) is 0 Å². The van der Waals surface area contributed by atoms with Gasteiger partial charge in [-0.1, -0.05) is 12.1 Å². The number of primary amides is 1. The van der Waals surface area contributed by atoms with Gasteiger partial charge in [0, 0.05) is 18.2 Å². The van der Waals surface area contributed by atoms with E-state index >= 15 is 0 Å². The summed E-state index contributed by atoms with van der Waals surface area (Å²) in [6.45, 7) is 1.94. The van der Waals surface area contributed by atoms with E-state index in [4.69, 9.17) is 5.73 Å². The van der Waals surface area contributed by atoms with Crippen LogP contribution in [0, 0.1) is 6.92 Å². The number of hydrogen-bond donors (Lipinski definition) is 1. The third-order valence-electron chi connectivity index (χ3n) is 2.69. The molecular weight excluding hydrogens is 282 g/mol. The number of aromatic nitrogens is 2. The molecule has 4 nitrogen and oxygen atoms in total. The molecule has 0 spiro atoms. The number of halogens is 1. The van der Waals surface area contributed by atoms with Gasteiger partial charge in [0.05, 0.1) is 0 Å². The second-order valence-electron chi connectivity index (χ2n) is 3.80. The van der Waals surface area contributed by atoms with Crippen LogP contribution in [-0.2, 0) is 7.05 Å². The molecule has 0 fully saturated rings. The molecule has 2 aromatic rings. The largest absolute Gasteiger partial charge is 0.366 e. The van der Waals surface area contributed by atoms with Crippen LogP contribution < -0.4 is 5.73 Å². The molecule has 0 atom stereocenters. The Morgan fingerprint density at radius 2 is 1.94 bits per heavy atom. The topological polar surface area (TPSA) is 60.9 Å². The average Bonchev–Trinajstić information content (AvgIpc) is 2.57. The molecule has 0 saturated carbocycles. The van der Waals surface area contributed by atoms with E-state index in [1.165, 1.54) is 0 Å². The summed E-state index contributed by atoms with van der Waals surface area (Å²) in [4.78, 5) is 15.4. The molecule has 1 heterocycles. The first kappa shape index (κ1) is 11.9. The predicted octanol–water partition coefficient (Wildman–Crippen LogP) is 2.26. The van der Waals surface area contributed by atoms with Crippen molar-refractivity contribution in [1.29, 1.82) is 0 Å². The molecule has 5 heteroatoms. The molecule has 1 amide bonds.